The Morgan fingerprint density at radius 1 is 1.31 bits per heavy atom. The van der Waals surface area contributed by atoms with E-state index < -0.39 is 0 Å². The van der Waals surface area contributed by atoms with Gasteiger partial charge >= 0.3 is 0 Å². The molecule has 2 N–H and O–H groups in total. The van der Waals surface area contributed by atoms with Gasteiger partial charge in [0.15, 0.2) is 5.82 Å². The summed E-state index contributed by atoms with van der Waals surface area (Å²) < 4.78 is 4.63. The molecule has 0 radical (unpaired) electrons. The summed E-state index contributed by atoms with van der Waals surface area (Å²) in [7, 11) is 1.80. The van der Waals surface area contributed by atoms with Crippen LogP contribution in [0.3, 0.4) is 0 Å². The molecule has 0 fully saturated rings. The van der Waals surface area contributed by atoms with Crippen LogP contribution in [0.5, 0.6) is 0 Å². The van der Waals surface area contributed by atoms with Crippen molar-refractivity contribution < 1.29 is 4.52 Å². The molecule has 2 aromatic heterocycles. The van der Waals surface area contributed by atoms with E-state index in [0.717, 1.165) is 11.6 Å². The molecule has 0 aliphatic rings. The van der Waals surface area contributed by atoms with Gasteiger partial charge in [0, 0.05) is 20.0 Å². The van der Waals surface area contributed by atoms with Crippen molar-refractivity contribution in [3.05, 3.63) is 24.6 Å². The zero-order valence-corrected chi connectivity index (χ0v) is 8.84. The number of hydrogen-bond acceptors (Lipinski definition) is 7. The minimum atomic E-state index is 0.672. The fourth-order valence-corrected chi connectivity index (χ4v) is 1.18. The number of hydrogen-bond donors (Lipinski definition) is 2. The monoisotopic (exact) mass is 220 g/mol. The summed E-state index contributed by atoms with van der Waals surface area (Å²) in [4.78, 5) is 12.2. The van der Waals surface area contributed by atoms with Gasteiger partial charge in [-0.2, -0.15) is 4.98 Å². The maximum Gasteiger partial charge on any atom is 0.213 e. The van der Waals surface area contributed by atoms with E-state index in [-0.39, 0.29) is 0 Å². The van der Waals surface area contributed by atoms with Crippen LogP contribution in [-0.2, 0) is 6.42 Å². The average molecular weight is 220 g/mol. The van der Waals surface area contributed by atoms with Gasteiger partial charge in [-0.25, -0.2) is 4.98 Å². The molecule has 0 spiro atoms. The highest BCUT2D eigenvalue weighted by Crippen LogP contribution is 2.05. The first-order valence-electron chi connectivity index (χ1n) is 4.87. The quantitative estimate of drug-likeness (QED) is 0.760. The summed E-state index contributed by atoms with van der Waals surface area (Å²) in [6, 6.07) is 0. The number of anilines is 2. The fourth-order valence-electron chi connectivity index (χ4n) is 1.18. The lowest BCUT2D eigenvalue weighted by molar-refractivity contribution is 0.410. The maximum atomic E-state index is 4.63. The van der Waals surface area contributed by atoms with Gasteiger partial charge in [-0.05, 0) is 0 Å². The van der Waals surface area contributed by atoms with Crippen LogP contribution in [0.25, 0.3) is 0 Å². The molecule has 0 amide bonds. The highest BCUT2D eigenvalue weighted by molar-refractivity contribution is 5.40. The molecule has 0 unspecified atom stereocenters. The fraction of sp³-hybridized carbons (Fsp3) is 0.333. The van der Waals surface area contributed by atoms with Crippen LogP contribution in [0.2, 0.25) is 0 Å². The van der Waals surface area contributed by atoms with Crippen molar-refractivity contribution in [1.82, 2.24) is 20.1 Å². The highest BCUT2D eigenvalue weighted by atomic mass is 16.5. The molecule has 0 aliphatic heterocycles. The summed E-state index contributed by atoms with van der Waals surface area (Å²) in [5.74, 6) is 2.12. The topological polar surface area (TPSA) is 88.8 Å². The summed E-state index contributed by atoms with van der Waals surface area (Å²) in [6.07, 6.45) is 5.32. The van der Waals surface area contributed by atoms with E-state index in [4.69, 9.17) is 0 Å². The Labute approximate surface area is 92.3 Å². The van der Waals surface area contributed by atoms with Crippen molar-refractivity contribution in [3.8, 4) is 0 Å². The van der Waals surface area contributed by atoms with E-state index >= 15 is 0 Å². The Morgan fingerprint density at radius 2 is 2.19 bits per heavy atom. The molecular formula is C9H12N6O. The van der Waals surface area contributed by atoms with E-state index in [2.05, 4.69) is 35.3 Å². The molecule has 2 rings (SSSR count). The summed E-state index contributed by atoms with van der Waals surface area (Å²) in [5, 5.41) is 9.75. The van der Waals surface area contributed by atoms with Crippen LogP contribution in [0.4, 0.5) is 11.6 Å². The number of rotatable bonds is 5. The van der Waals surface area contributed by atoms with Gasteiger partial charge in [-0.1, -0.05) is 5.16 Å². The van der Waals surface area contributed by atoms with Crippen LogP contribution >= 0.6 is 0 Å². The molecule has 0 aromatic carbocycles. The van der Waals surface area contributed by atoms with Gasteiger partial charge in [-0.15, -0.1) is 0 Å². The second-order valence-corrected chi connectivity index (χ2v) is 3.06. The summed E-state index contributed by atoms with van der Waals surface area (Å²) in [6.45, 7) is 0.682. The molecule has 0 bridgehead atoms. The number of nitrogens with zero attached hydrogens (tertiary/aromatic N) is 4. The third kappa shape index (κ3) is 2.66. The molecule has 7 nitrogen and oxygen atoms in total. The van der Waals surface area contributed by atoms with Gasteiger partial charge in [0.05, 0.1) is 12.4 Å². The lowest BCUT2D eigenvalue weighted by Gasteiger charge is -2.04. The van der Waals surface area contributed by atoms with Gasteiger partial charge in [0.25, 0.3) is 0 Å². The molecule has 84 valence electrons. The molecule has 0 saturated carbocycles. The molecule has 2 heterocycles. The van der Waals surface area contributed by atoms with Crippen molar-refractivity contribution in [2.75, 3.05) is 24.2 Å². The van der Waals surface area contributed by atoms with E-state index in [0.29, 0.717) is 18.8 Å². The van der Waals surface area contributed by atoms with Crippen LogP contribution in [0.1, 0.15) is 5.82 Å². The second-order valence-electron chi connectivity index (χ2n) is 3.06. The van der Waals surface area contributed by atoms with E-state index in [1.807, 2.05) is 0 Å². The van der Waals surface area contributed by atoms with Crippen LogP contribution in [-0.4, -0.2) is 33.7 Å². The van der Waals surface area contributed by atoms with Crippen molar-refractivity contribution in [2.45, 2.75) is 6.42 Å². The predicted molar refractivity (Wildman–Crippen MR) is 58.1 cm³/mol. The Morgan fingerprint density at radius 3 is 2.94 bits per heavy atom. The Bertz CT molecular complexity index is 429. The molecule has 7 heteroatoms. The van der Waals surface area contributed by atoms with Crippen molar-refractivity contribution >= 4 is 11.6 Å². The minimum absolute atomic E-state index is 0.672. The zero-order chi connectivity index (χ0) is 11.2. The minimum Gasteiger partial charge on any atom is -0.372 e. The Balaban J connectivity index is 1.85. The Kier molecular flexibility index (Phi) is 3.27. The first-order valence-corrected chi connectivity index (χ1v) is 4.87. The van der Waals surface area contributed by atoms with E-state index in [1.165, 1.54) is 6.39 Å². The maximum absolute atomic E-state index is 4.63. The standard InChI is InChI=1S/C9H12N6O/c1-10-8-4-11-5-9(14-8)12-3-2-7-13-6-16-15-7/h4-6H,2-3H2,1H3,(H2,10,12,14). The molecule has 0 aliphatic carbocycles. The zero-order valence-electron chi connectivity index (χ0n) is 8.84. The molecule has 2 aromatic rings. The second kappa shape index (κ2) is 5.06. The lowest BCUT2D eigenvalue weighted by atomic mass is 10.4. The molecular weight excluding hydrogens is 208 g/mol. The van der Waals surface area contributed by atoms with E-state index in [9.17, 15) is 0 Å². The number of aromatic nitrogens is 4. The third-order valence-corrected chi connectivity index (χ3v) is 1.95. The third-order valence-electron chi connectivity index (χ3n) is 1.95. The predicted octanol–water partition coefficient (Wildman–Crippen LogP) is 0.556. The van der Waals surface area contributed by atoms with Crippen molar-refractivity contribution in [1.29, 1.82) is 0 Å². The van der Waals surface area contributed by atoms with E-state index in [1.54, 1.807) is 19.4 Å². The summed E-state index contributed by atoms with van der Waals surface area (Å²) in [5.41, 5.74) is 0. The Hall–Kier alpha value is -2.18. The summed E-state index contributed by atoms with van der Waals surface area (Å²) >= 11 is 0. The highest BCUT2D eigenvalue weighted by Gasteiger charge is 1.99. The van der Waals surface area contributed by atoms with Crippen molar-refractivity contribution in [2.24, 2.45) is 0 Å². The normalized spacial score (nSPS) is 10.1. The van der Waals surface area contributed by atoms with Crippen molar-refractivity contribution in [3.63, 3.8) is 0 Å². The van der Waals surface area contributed by atoms with Crippen LogP contribution in [0, 0.1) is 0 Å². The van der Waals surface area contributed by atoms with Crippen LogP contribution < -0.4 is 10.6 Å². The largest absolute Gasteiger partial charge is 0.372 e. The number of nitrogens with one attached hydrogen (secondary N) is 2. The van der Waals surface area contributed by atoms with Crippen LogP contribution in [0.15, 0.2) is 23.3 Å². The van der Waals surface area contributed by atoms with Gasteiger partial charge in [-0.3, -0.25) is 4.98 Å². The first kappa shape index (κ1) is 10.3. The SMILES string of the molecule is CNc1cncc(NCCc2ncon2)n1. The van der Waals surface area contributed by atoms with Gasteiger partial charge in [0.1, 0.15) is 11.6 Å². The lowest BCUT2D eigenvalue weighted by Crippen LogP contribution is -2.08. The van der Waals surface area contributed by atoms with Gasteiger partial charge in [0.2, 0.25) is 6.39 Å². The van der Waals surface area contributed by atoms with Gasteiger partial charge < -0.3 is 15.2 Å². The molecule has 0 saturated heterocycles. The average Bonchev–Trinajstić information content (AvgIpc) is 2.82. The smallest absolute Gasteiger partial charge is 0.213 e. The molecule has 16 heavy (non-hydrogen) atoms. The molecule has 0 atom stereocenters. The first-order chi connectivity index (χ1) is 7.88.